The highest BCUT2D eigenvalue weighted by atomic mass is 32.1. The smallest absolute Gasteiger partial charge is 0.255 e. The first-order chi connectivity index (χ1) is 8.72. The fourth-order valence-electron chi connectivity index (χ4n) is 1.88. The largest absolute Gasteiger partial charge is 0.364 e. The van der Waals surface area contributed by atoms with Crippen LogP contribution in [0.2, 0.25) is 0 Å². The quantitative estimate of drug-likeness (QED) is 0.831. The van der Waals surface area contributed by atoms with Crippen LogP contribution in [0.4, 0.5) is 5.13 Å². The molecule has 1 aliphatic rings. The summed E-state index contributed by atoms with van der Waals surface area (Å²) in [5, 5.41) is 12.2. The maximum Gasteiger partial charge on any atom is 0.255 e. The van der Waals surface area contributed by atoms with Gasteiger partial charge in [-0.1, -0.05) is 18.3 Å². The minimum Gasteiger partial charge on any atom is -0.364 e. The van der Waals surface area contributed by atoms with Crippen LogP contribution in [-0.2, 0) is 16.0 Å². The van der Waals surface area contributed by atoms with Crippen molar-refractivity contribution in [1.82, 2.24) is 10.2 Å². The normalized spacial score (nSPS) is 23.2. The Kier molecular flexibility index (Phi) is 4.62. The van der Waals surface area contributed by atoms with Crippen LogP contribution in [-0.4, -0.2) is 34.9 Å². The van der Waals surface area contributed by atoms with Crippen molar-refractivity contribution in [2.45, 2.75) is 44.8 Å². The third-order valence-corrected chi connectivity index (χ3v) is 3.72. The molecular formula is C11H18N4O2S. The maximum absolute atomic E-state index is 11.9. The van der Waals surface area contributed by atoms with Crippen LogP contribution in [0.3, 0.4) is 0 Å². The monoisotopic (exact) mass is 270 g/mol. The summed E-state index contributed by atoms with van der Waals surface area (Å²) in [6.07, 6.45) is 3.07. The van der Waals surface area contributed by atoms with Gasteiger partial charge in [-0.15, -0.1) is 10.2 Å². The van der Waals surface area contributed by atoms with E-state index in [-0.39, 0.29) is 12.0 Å². The lowest BCUT2D eigenvalue weighted by atomic mass is 10.2. The zero-order valence-corrected chi connectivity index (χ0v) is 11.2. The molecule has 0 aliphatic carbocycles. The molecule has 1 fully saturated rings. The predicted octanol–water partition coefficient (Wildman–Crippen LogP) is 0.935. The minimum atomic E-state index is -0.405. The average molecular weight is 270 g/mol. The number of nitrogens with two attached hydrogens (primary N) is 1. The Hall–Kier alpha value is -1.05. The van der Waals surface area contributed by atoms with E-state index in [4.69, 9.17) is 10.5 Å². The van der Waals surface area contributed by atoms with Crippen molar-refractivity contribution in [3.8, 4) is 0 Å². The molecule has 1 aromatic rings. The van der Waals surface area contributed by atoms with Gasteiger partial charge in [-0.25, -0.2) is 0 Å². The third-order valence-electron chi connectivity index (χ3n) is 2.82. The highest BCUT2D eigenvalue weighted by molar-refractivity contribution is 7.15. The summed E-state index contributed by atoms with van der Waals surface area (Å²) in [7, 11) is 0. The summed E-state index contributed by atoms with van der Waals surface area (Å²) in [6.45, 7) is 2.54. The molecule has 18 heavy (non-hydrogen) atoms. The second-order valence-corrected chi connectivity index (χ2v) is 5.36. The molecule has 0 saturated carbocycles. The number of ether oxygens (including phenoxy) is 1. The van der Waals surface area contributed by atoms with Gasteiger partial charge in [0.25, 0.3) is 5.91 Å². The second-order valence-electron chi connectivity index (χ2n) is 4.30. The number of nitrogens with zero attached hydrogens (tertiary/aromatic N) is 2. The third kappa shape index (κ3) is 3.24. The molecule has 2 heterocycles. The van der Waals surface area contributed by atoms with Gasteiger partial charge in [0.2, 0.25) is 5.13 Å². The maximum atomic E-state index is 11.9. The Morgan fingerprint density at radius 2 is 2.39 bits per heavy atom. The van der Waals surface area contributed by atoms with Crippen LogP contribution < -0.4 is 11.1 Å². The van der Waals surface area contributed by atoms with Crippen LogP contribution in [0.1, 0.15) is 31.2 Å². The molecule has 0 aromatic carbocycles. The van der Waals surface area contributed by atoms with E-state index in [2.05, 4.69) is 22.4 Å². The fourth-order valence-corrected chi connectivity index (χ4v) is 2.72. The number of nitrogens with one attached hydrogen (secondary N) is 1. The number of amides is 1. The highest BCUT2D eigenvalue weighted by Crippen LogP contribution is 2.22. The Morgan fingerprint density at radius 1 is 1.56 bits per heavy atom. The van der Waals surface area contributed by atoms with E-state index in [1.165, 1.54) is 11.3 Å². The SMILES string of the molecule is CCCc1nnc(NC(=O)[C@@H]2CC[C@H](CN)O2)s1. The summed E-state index contributed by atoms with van der Waals surface area (Å²) in [4.78, 5) is 11.9. The van der Waals surface area contributed by atoms with Crippen molar-refractivity contribution in [2.24, 2.45) is 5.73 Å². The molecule has 2 atom stereocenters. The van der Waals surface area contributed by atoms with E-state index in [0.29, 0.717) is 18.1 Å². The lowest BCUT2D eigenvalue weighted by Gasteiger charge is -2.10. The van der Waals surface area contributed by atoms with Crippen molar-refractivity contribution in [3.05, 3.63) is 5.01 Å². The number of aromatic nitrogens is 2. The second kappa shape index (κ2) is 6.21. The van der Waals surface area contributed by atoms with Crippen LogP contribution in [0, 0.1) is 0 Å². The molecule has 0 radical (unpaired) electrons. The molecule has 0 spiro atoms. The number of anilines is 1. The van der Waals surface area contributed by atoms with Gasteiger partial charge in [0.15, 0.2) is 0 Å². The molecule has 6 nitrogen and oxygen atoms in total. The van der Waals surface area contributed by atoms with Crippen LogP contribution in [0.25, 0.3) is 0 Å². The number of hydrogen-bond acceptors (Lipinski definition) is 6. The minimum absolute atomic E-state index is 0.00539. The lowest BCUT2D eigenvalue weighted by Crippen LogP contribution is -2.29. The molecule has 1 aliphatic heterocycles. The van der Waals surface area contributed by atoms with Crippen LogP contribution >= 0.6 is 11.3 Å². The van der Waals surface area contributed by atoms with Crippen LogP contribution in [0.5, 0.6) is 0 Å². The molecule has 3 N–H and O–H groups in total. The van der Waals surface area contributed by atoms with E-state index in [1.807, 2.05) is 0 Å². The van der Waals surface area contributed by atoms with Gasteiger partial charge in [-0.3, -0.25) is 10.1 Å². The van der Waals surface area contributed by atoms with E-state index in [0.717, 1.165) is 24.3 Å². The molecular weight excluding hydrogens is 252 g/mol. The number of hydrogen-bond donors (Lipinski definition) is 2. The standard InChI is InChI=1S/C11H18N4O2S/c1-2-3-9-14-15-11(18-9)13-10(16)8-5-4-7(6-12)17-8/h7-8H,2-6,12H2,1H3,(H,13,15,16)/t7-,8+/m1/s1. The van der Waals surface area contributed by atoms with E-state index < -0.39 is 6.10 Å². The molecule has 100 valence electrons. The van der Waals surface area contributed by atoms with E-state index in [1.54, 1.807) is 0 Å². The summed E-state index contributed by atoms with van der Waals surface area (Å²) in [5.74, 6) is -0.148. The Labute approximate surface area is 110 Å². The van der Waals surface area contributed by atoms with Gasteiger partial charge >= 0.3 is 0 Å². The first kappa shape index (κ1) is 13.4. The Morgan fingerprint density at radius 3 is 3.06 bits per heavy atom. The molecule has 0 unspecified atom stereocenters. The fraction of sp³-hybridized carbons (Fsp3) is 0.727. The topological polar surface area (TPSA) is 90.1 Å². The van der Waals surface area contributed by atoms with Gasteiger partial charge in [0.1, 0.15) is 11.1 Å². The van der Waals surface area contributed by atoms with Crippen molar-refractivity contribution in [2.75, 3.05) is 11.9 Å². The zero-order chi connectivity index (χ0) is 13.0. The van der Waals surface area contributed by atoms with E-state index in [9.17, 15) is 4.79 Å². The number of aryl methyl sites for hydroxylation is 1. The lowest BCUT2D eigenvalue weighted by molar-refractivity contribution is -0.126. The summed E-state index contributed by atoms with van der Waals surface area (Å²) >= 11 is 1.42. The zero-order valence-electron chi connectivity index (χ0n) is 10.4. The summed E-state index contributed by atoms with van der Waals surface area (Å²) in [5.41, 5.74) is 5.51. The molecule has 0 bridgehead atoms. The Bertz CT molecular complexity index is 410. The Balaban J connectivity index is 1.86. The van der Waals surface area contributed by atoms with Crippen molar-refractivity contribution in [1.29, 1.82) is 0 Å². The number of rotatable bonds is 5. The first-order valence-electron chi connectivity index (χ1n) is 6.21. The van der Waals surface area contributed by atoms with Gasteiger partial charge in [0, 0.05) is 13.0 Å². The summed E-state index contributed by atoms with van der Waals surface area (Å²) < 4.78 is 5.52. The van der Waals surface area contributed by atoms with E-state index >= 15 is 0 Å². The van der Waals surface area contributed by atoms with Gasteiger partial charge in [-0.05, 0) is 19.3 Å². The molecule has 1 saturated heterocycles. The first-order valence-corrected chi connectivity index (χ1v) is 7.03. The van der Waals surface area contributed by atoms with Crippen LogP contribution in [0.15, 0.2) is 0 Å². The van der Waals surface area contributed by atoms with Gasteiger partial charge in [-0.2, -0.15) is 0 Å². The molecule has 7 heteroatoms. The van der Waals surface area contributed by atoms with Gasteiger partial charge < -0.3 is 10.5 Å². The van der Waals surface area contributed by atoms with Crippen molar-refractivity contribution < 1.29 is 9.53 Å². The van der Waals surface area contributed by atoms with Gasteiger partial charge in [0.05, 0.1) is 6.10 Å². The average Bonchev–Trinajstić information content (AvgIpc) is 2.98. The summed E-state index contributed by atoms with van der Waals surface area (Å²) in [6, 6.07) is 0. The highest BCUT2D eigenvalue weighted by Gasteiger charge is 2.30. The predicted molar refractivity (Wildman–Crippen MR) is 69.5 cm³/mol. The molecule has 2 rings (SSSR count). The number of carbonyl (C=O) groups is 1. The molecule has 1 aromatic heterocycles. The van der Waals surface area contributed by atoms with Crippen molar-refractivity contribution in [3.63, 3.8) is 0 Å². The molecule has 1 amide bonds. The number of carbonyl (C=O) groups excluding carboxylic acids is 1. The van der Waals surface area contributed by atoms with Crippen molar-refractivity contribution >= 4 is 22.4 Å².